The second-order valence-corrected chi connectivity index (χ2v) is 8.36. The summed E-state index contributed by atoms with van der Waals surface area (Å²) in [5.74, 6) is 0.395. The summed E-state index contributed by atoms with van der Waals surface area (Å²) in [5, 5.41) is 3.57. The molecule has 1 aliphatic heterocycles. The van der Waals surface area contributed by atoms with Crippen molar-refractivity contribution in [3.8, 4) is 0 Å². The van der Waals surface area contributed by atoms with Crippen LogP contribution < -0.4 is 10.2 Å². The Morgan fingerprint density at radius 1 is 1.19 bits per heavy atom. The summed E-state index contributed by atoms with van der Waals surface area (Å²) in [6, 6.07) is 14.9. The zero-order chi connectivity index (χ0) is 18.3. The maximum absolute atomic E-state index is 13.1. The highest BCUT2D eigenvalue weighted by Gasteiger charge is 2.44. The Morgan fingerprint density at radius 2 is 1.92 bits per heavy atom. The Balaban J connectivity index is 1.37. The SMILES string of the molecule is Cc1ccc2c(n1)C(C)(C)CN2C(=O)[C@H]1C[C@@H](NCc2ccccc2)C1. The monoisotopic (exact) mass is 349 g/mol. The van der Waals surface area contributed by atoms with E-state index in [0.29, 0.717) is 6.04 Å². The number of rotatable bonds is 4. The summed E-state index contributed by atoms with van der Waals surface area (Å²) in [6.45, 7) is 7.97. The number of benzene rings is 1. The van der Waals surface area contributed by atoms with Gasteiger partial charge in [-0.05, 0) is 37.5 Å². The van der Waals surface area contributed by atoms with Gasteiger partial charge in [-0.3, -0.25) is 9.78 Å². The molecule has 2 aliphatic rings. The van der Waals surface area contributed by atoms with Crippen LogP contribution in [0.3, 0.4) is 0 Å². The van der Waals surface area contributed by atoms with Gasteiger partial charge in [0.15, 0.2) is 0 Å². The Morgan fingerprint density at radius 3 is 2.65 bits per heavy atom. The number of anilines is 1. The minimum absolute atomic E-state index is 0.0777. The van der Waals surface area contributed by atoms with Gasteiger partial charge < -0.3 is 10.2 Å². The van der Waals surface area contributed by atoms with E-state index >= 15 is 0 Å². The van der Waals surface area contributed by atoms with Gasteiger partial charge in [0.2, 0.25) is 5.91 Å². The Bertz CT molecular complexity index is 809. The molecule has 1 amide bonds. The molecule has 4 heteroatoms. The molecule has 0 radical (unpaired) electrons. The van der Waals surface area contributed by atoms with Crippen molar-refractivity contribution in [1.29, 1.82) is 0 Å². The number of nitrogens with one attached hydrogen (secondary N) is 1. The van der Waals surface area contributed by atoms with Crippen LogP contribution in [0.4, 0.5) is 5.69 Å². The zero-order valence-electron chi connectivity index (χ0n) is 15.8. The van der Waals surface area contributed by atoms with Gasteiger partial charge in [-0.1, -0.05) is 44.2 Å². The first kappa shape index (κ1) is 17.2. The van der Waals surface area contributed by atoms with Crippen LogP contribution in [0.5, 0.6) is 0 Å². The lowest BCUT2D eigenvalue weighted by molar-refractivity contribution is -0.125. The van der Waals surface area contributed by atoms with E-state index in [1.165, 1.54) is 5.56 Å². The quantitative estimate of drug-likeness (QED) is 0.918. The normalized spacial score (nSPS) is 23.4. The van der Waals surface area contributed by atoms with Gasteiger partial charge >= 0.3 is 0 Å². The first-order valence-corrected chi connectivity index (χ1v) is 9.51. The van der Waals surface area contributed by atoms with E-state index < -0.39 is 0 Å². The molecular formula is C22H27N3O. The second-order valence-electron chi connectivity index (χ2n) is 8.36. The molecule has 2 aromatic rings. The highest BCUT2D eigenvalue weighted by atomic mass is 16.2. The highest BCUT2D eigenvalue weighted by Crippen LogP contribution is 2.41. The Labute approximate surface area is 155 Å². The van der Waals surface area contributed by atoms with E-state index in [1.807, 2.05) is 24.0 Å². The Hall–Kier alpha value is -2.20. The second kappa shape index (κ2) is 6.51. The predicted molar refractivity (Wildman–Crippen MR) is 104 cm³/mol. The van der Waals surface area contributed by atoms with E-state index in [2.05, 4.69) is 49.5 Å². The lowest BCUT2D eigenvalue weighted by Crippen LogP contribution is -2.49. The van der Waals surface area contributed by atoms with Crippen molar-refractivity contribution in [2.45, 2.75) is 51.6 Å². The van der Waals surface area contributed by atoms with Gasteiger partial charge in [0.25, 0.3) is 0 Å². The summed E-state index contributed by atoms with van der Waals surface area (Å²) < 4.78 is 0. The van der Waals surface area contributed by atoms with Crippen molar-refractivity contribution in [3.63, 3.8) is 0 Å². The maximum Gasteiger partial charge on any atom is 0.230 e. The van der Waals surface area contributed by atoms with Gasteiger partial charge in [-0.2, -0.15) is 0 Å². The molecule has 1 fully saturated rings. The number of fused-ring (bicyclic) bond motifs is 1. The molecule has 0 atom stereocenters. The van der Waals surface area contributed by atoms with Gasteiger partial charge in [-0.25, -0.2) is 0 Å². The molecule has 4 rings (SSSR count). The van der Waals surface area contributed by atoms with E-state index in [1.54, 1.807) is 0 Å². The molecule has 0 saturated heterocycles. The summed E-state index contributed by atoms with van der Waals surface area (Å²) in [6.07, 6.45) is 1.86. The molecular weight excluding hydrogens is 322 g/mol. The minimum atomic E-state index is -0.0777. The summed E-state index contributed by atoms with van der Waals surface area (Å²) in [7, 11) is 0. The van der Waals surface area contributed by atoms with E-state index in [-0.39, 0.29) is 17.2 Å². The summed E-state index contributed by atoms with van der Waals surface area (Å²) in [4.78, 5) is 19.7. The molecule has 0 unspecified atom stereocenters. The number of aromatic nitrogens is 1. The van der Waals surface area contributed by atoms with Crippen LogP contribution in [-0.4, -0.2) is 23.5 Å². The highest BCUT2D eigenvalue weighted by molar-refractivity contribution is 5.98. The lowest BCUT2D eigenvalue weighted by atomic mass is 9.79. The topological polar surface area (TPSA) is 45.2 Å². The minimum Gasteiger partial charge on any atom is -0.310 e. The third-order valence-electron chi connectivity index (χ3n) is 5.69. The molecule has 1 aromatic heterocycles. The number of hydrogen-bond acceptors (Lipinski definition) is 3. The van der Waals surface area contributed by atoms with Gasteiger partial charge in [0, 0.05) is 36.2 Å². The first-order valence-electron chi connectivity index (χ1n) is 9.51. The average molecular weight is 349 g/mol. The van der Waals surface area contributed by atoms with Crippen molar-refractivity contribution in [2.24, 2.45) is 5.92 Å². The summed E-state index contributed by atoms with van der Waals surface area (Å²) in [5.41, 5.74) is 4.29. The zero-order valence-corrected chi connectivity index (χ0v) is 15.8. The maximum atomic E-state index is 13.1. The van der Waals surface area contributed by atoms with E-state index in [9.17, 15) is 4.79 Å². The van der Waals surface area contributed by atoms with Crippen molar-refractivity contribution in [3.05, 3.63) is 59.4 Å². The van der Waals surface area contributed by atoms with Crippen molar-refractivity contribution in [2.75, 3.05) is 11.4 Å². The molecule has 136 valence electrons. The fourth-order valence-corrected chi connectivity index (χ4v) is 4.08. The fourth-order valence-electron chi connectivity index (χ4n) is 4.08. The molecule has 1 aromatic carbocycles. The number of amides is 1. The van der Waals surface area contributed by atoms with Crippen LogP contribution in [0.15, 0.2) is 42.5 Å². The predicted octanol–water partition coefficient (Wildman–Crippen LogP) is 3.58. The summed E-state index contributed by atoms with van der Waals surface area (Å²) >= 11 is 0. The number of nitrogens with zero attached hydrogens (tertiary/aromatic N) is 2. The van der Waals surface area contributed by atoms with Crippen molar-refractivity contribution < 1.29 is 4.79 Å². The number of carbonyl (C=O) groups is 1. The van der Waals surface area contributed by atoms with Crippen LogP contribution in [0.1, 0.15) is 43.6 Å². The number of hydrogen-bond donors (Lipinski definition) is 1. The number of carbonyl (C=O) groups excluding carboxylic acids is 1. The smallest absolute Gasteiger partial charge is 0.230 e. The molecule has 2 heterocycles. The van der Waals surface area contributed by atoms with Crippen LogP contribution in [-0.2, 0) is 16.8 Å². The van der Waals surface area contributed by atoms with Crippen LogP contribution >= 0.6 is 0 Å². The van der Waals surface area contributed by atoms with Crippen LogP contribution in [0, 0.1) is 12.8 Å². The van der Waals surface area contributed by atoms with Gasteiger partial charge in [0.05, 0.1) is 11.4 Å². The number of aryl methyl sites for hydroxylation is 1. The van der Waals surface area contributed by atoms with E-state index in [0.717, 1.165) is 43.0 Å². The molecule has 26 heavy (non-hydrogen) atoms. The van der Waals surface area contributed by atoms with Crippen LogP contribution in [0.2, 0.25) is 0 Å². The molecule has 4 nitrogen and oxygen atoms in total. The third-order valence-corrected chi connectivity index (χ3v) is 5.69. The average Bonchev–Trinajstić information content (AvgIpc) is 2.85. The molecule has 1 aliphatic carbocycles. The van der Waals surface area contributed by atoms with Crippen molar-refractivity contribution in [1.82, 2.24) is 10.3 Å². The van der Waals surface area contributed by atoms with Gasteiger partial charge in [-0.15, -0.1) is 0 Å². The largest absolute Gasteiger partial charge is 0.310 e. The fraction of sp³-hybridized carbons (Fsp3) is 0.455. The third kappa shape index (κ3) is 3.14. The molecule has 1 N–H and O–H groups in total. The lowest BCUT2D eigenvalue weighted by Gasteiger charge is -2.37. The first-order chi connectivity index (χ1) is 12.4. The van der Waals surface area contributed by atoms with Crippen LogP contribution in [0.25, 0.3) is 0 Å². The Kier molecular flexibility index (Phi) is 4.31. The standard InChI is InChI=1S/C22H27N3O/c1-15-9-10-19-20(24-15)22(2,3)14-25(19)21(26)17-11-18(12-17)23-13-16-7-5-4-6-8-16/h4-10,17-18,23H,11-14H2,1-3H3/t17-,18+. The molecule has 0 bridgehead atoms. The van der Waals surface area contributed by atoms with E-state index in [4.69, 9.17) is 4.98 Å². The van der Waals surface area contributed by atoms with Gasteiger partial charge in [0.1, 0.15) is 0 Å². The van der Waals surface area contributed by atoms with Crippen molar-refractivity contribution >= 4 is 11.6 Å². The molecule has 0 spiro atoms. The number of pyridine rings is 1. The molecule has 1 saturated carbocycles.